The molecule has 2 amide bonds. The molecular weight excluding hydrogens is 212 g/mol. The van der Waals surface area contributed by atoms with E-state index in [1.807, 2.05) is 0 Å². The lowest BCUT2D eigenvalue weighted by Gasteiger charge is -2.19. The first-order chi connectivity index (χ1) is 7.58. The number of urea groups is 1. The van der Waals surface area contributed by atoms with E-state index in [-0.39, 0.29) is 0 Å². The highest BCUT2D eigenvalue weighted by Crippen LogP contribution is 2.18. The maximum absolute atomic E-state index is 11.6. The normalized spacial score (nSPS) is 21.9. The van der Waals surface area contributed by atoms with Crippen molar-refractivity contribution in [2.24, 2.45) is 5.92 Å². The van der Waals surface area contributed by atoms with Gasteiger partial charge in [-0.05, 0) is 12.3 Å². The van der Waals surface area contributed by atoms with Crippen LogP contribution >= 0.6 is 0 Å². The summed E-state index contributed by atoms with van der Waals surface area (Å²) >= 11 is 0. The molecule has 3 N–H and O–H groups in total. The molecule has 92 valence electrons. The number of nitrogens with one attached hydrogen (secondary N) is 1. The summed E-state index contributed by atoms with van der Waals surface area (Å²) in [5.41, 5.74) is 0. The number of aliphatic carboxylic acids is 1. The molecule has 1 unspecified atom stereocenters. The van der Waals surface area contributed by atoms with Crippen LogP contribution in [0.4, 0.5) is 4.79 Å². The highest BCUT2D eigenvalue weighted by Gasteiger charge is 2.27. The first-order valence-electron chi connectivity index (χ1n) is 5.47. The average Bonchev–Trinajstić information content (AvgIpc) is 2.73. The Labute approximate surface area is 94.2 Å². The second kappa shape index (κ2) is 5.69. The predicted molar refractivity (Wildman–Crippen MR) is 57.0 cm³/mol. The van der Waals surface area contributed by atoms with E-state index in [2.05, 4.69) is 12.2 Å². The van der Waals surface area contributed by atoms with Crippen molar-refractivity contribution < 1.29 is 19.8 Å². The van der Waals surface area contributed by atoms with Crippen LogP contribution in [0, 0.1) is 5.92 Å². The molecule has 0 bridgehead atoms. The van der Waals surface area contributed by atoms with Crippen molar-refractivity contribution in [1.82, 2.24) is 10.2 Å². The molecule has 0 aromatic carbocycles. The van der Waals surface area contributed by atoms with Crippen LogP contribution in [0.25, 0.3) is 0 Å². The van der Waals surface area contributed by atoms with Crippen LogP contribution in [0.5, 0.6) is 0 Å². The molecule has 16 heavy (non-hydrogen) atoms. The molecule has 2 atom stereocenters. The molecule has 1 aliphatic heterocycles. The Balaban J connectivity index is 2.43. The number of hydrogen-bond acceptors (Lipinski definition) is 3. The van der Waals surface area contributed by atoms with Gasteiger partial charge in [0.15, 0.2) is 6.04 Å². The molecule has 0 aromatic rings. The van der Waals surface area contributed by atoms with Crippen LogP contribution in [0.15, 0.2) is 0 Å². The van der Waals surface area contributed by atoms with Crippen molar-refractivity contribution >= 4 is 12.0 Å². The zero-order valence-corrected chi connectivity index (χ0v) is 9.35. The molecule has 0 aliphatic carbocycles. The van der Waals surface area contributed by atoms with Gasteiger partial charge in [0.1, 0.15) is 0 Å². The molecule has 0 saturated carbocycles. The molecule has 1 fully saturated rings. The van der Waals surface area contributed by atoms with Crippen molar-refractivity contribution in [3.8, 4) is 0 Å². The number of nitrogens with zero attached hydrogens (tertiary/aromatic N) is 1. The molecule has 0 aromatic heterocycles. The first-order valence-corrected chi connectivity index (χ1v) is 5.47. The Hall–Kier alpha value is -1.30. The van der Waals surface area contributed by atoms with E-state index in [0.29, 0.717) is 19.0 Å². The van der Waals surface area contributed by atoms with E-state index in [0.717, 1.165) is 12.8 Å². The number of carbonyl (C=O) groups excluding carboxylic acids is 1. The first kappa shape index (κ1) is 12.8. The molecule has 1 heterocycles. The fraction of sp³-hybridized carbons (Fsp3) is 0.800. The smallest absolute Gasteiger partial charge is 0.328 e. The Kier molecular flexibility index (Phi) is 4.54. The molecular formula is C10H18N2O4. The summed E-state index contributed by atoms with van der Waals surface area (Å²) in [5.74, 6) is -0.717. The Bertz CT molecular complexity index is 270. The maximum Gasteiger partial charge on any atom is 0.328 e. The van der Waals surface area contributed by atoms with E-state index < -0.39 is 24.6 Å². The molecule has 0 radical (unpaired) electrons. The summed E-state index contributed by atoms with van der Waals surface area (Å²) < 4.78 is 0. The summed E-state index contributed by atoms with van der Waals surface area (Å²) in [6.07, 6.45) is 1.98. The molecule has 1 aliphatic rings. The second-order valence-corrected chi connectivity index (χ2v) is 4.03. The van der Waals surface area contributed by atoms with Crippen LogP contribution in [0.1, 0.15) is 19.8 Å². The Morgan fingerprint density at radius 1 is 1.56 bits per heavy atom. The van der Waals surface area contributed by atoms with Gasteiger partial charge in [-0.15, -0.1) is 0 Å². The van der Waals surface area contributed by atoms with Gasteiger partial charge in [0.25, 0.3) is 0 Å². The lowest BCUT2D eigenvalue weighted by atomic mass is 10.1. The number of aliphatic hydroxyl groups is 1. The number of carbonyl (C=O) groups is 2. The van der Waals surface area contributed by atoms with E-state index in [4.69, 9.17) is 10.2 Å². The average molecular weight is 230 g/mol. The Morgan fingerprint density at radius 2 is 2.25 bits per heavy atom. The Morgan fingerprint density at radius 3 is 2.69 bits per heavy atom. The number of amides is 2. The summed E-state index contributed by atoms with van der Waals surface area (Å²) in [6, 6.07) is -1.62. The van der Waals surface area contributed by atoms with Gasteiger partial charge < -0.3 is 20.4 Å². The van der Waals surface area contributed by atoms with Gasteiger partial charge in [-0.25, -0.2) is 9.59 Å². The number of carboxylic acid groups (broad SMARTS) is 1. The topological polar surface area (TPSA) is 89.9 Å². The third-order valence-electron chi connectivity index (χ3n) is 2.93. The lowest BCUT2D eigenvalue weighted by molar-refractivity contribution is -0.140. The number of rotatable bonds is 4. The number of carboxylic acids is 1. The minimum Gasteiger partial charge on any atom is -0.480 e. The van der Waals surface area contributed by atoms with Crippen LogP contribution in [-0.4, -0.2) is 52.9 Å². The van der Waals surface area contributed by atoms with Crippen molar-refractivity contribution in [3.63, 3.8) is 0 Å². The summed E-state index contributed by atoms with van der Waals surface area (Å²) in [4.78, 5) is 23.8. The zero-order valence-electron chi connectivity index (χ0n) is 9.35. The van der Waals surface area contributed by atoms with E-state index in [9.17, 15) is 9.59 Å². The van der Waals surface area contributed by atoms with E-state index >= 15 is 0 Å². The largest absolute Gasteiger partial charge is 0.480 e. The van der Waals surface area contributed by atoms with Gasteiger partial charge in [0.2, 0.25) is 0 Å². The summed E-state index contributed by atoms with van der Waals surface area (Å²) in [7, 11) is 0. The van der Waals surface area contributed by atoms with Crippen LogP contribution < -0.4 is 5.32 Å². The monoisotopic (exact) mass is 230 g/mol. The van der Waals surface area contributed by atoms with Gasteiger partial charge in [-0.2, -0.15) is 0 Å². The standard InChI is InChI=1S/C10H18N2O4/c1-2-7-3-4-12(5-7)10(16)11-8(6-13)9(14)15/h7-8,13H,2-6H2,1H3,(H,11,16)(H,14,15)/t7?,8-/m0/s1. The van der Waals surface area contributed by atoms with Gasteiger partial charge in [0, 0.05) is 13.1 Å². The maximum atomic E-state index is 11.6. The van der Waals surface area contributed by atoms with Crippen molar-refractivity contribution in [1.29, 1.82) is 0 Å². The van der Waals surface area contributed by atoms with Crippen molar-refractivity contribution in [3.05, 3.63) is 0 Å². The van der Waals surface area contributed by atoms with Crippen molar-refractivity contribution in [2.45, 2.75) is 25.8 Å². The third kappa shape index (κ3) is 3.10. The van der Waals surface area contributed by atoms with E-state index in [1.54, 1.807) is 4.90 Å². The number of hydrogen-bond donors (Lipinski definition) is 3. The summed E-state index contributed by atoms with van der Waals surface area (Å²) in [5, 5.41) is 19.7. The van der Waals surface area contributed by atoms with Crippen LogP contribution in [0.2, 0.25) is 0 Å². The predicted octanol–water partition coefficient (Wildman–Crippen LogP) is -0.127. The number of aliphatic hydroxyl groups excluding tert-OH is 1. The van der Waals surface area contributed by atoms with Crippen LogP contribution in [-0.2, 0) is 4.79 Å². The minimum atomic E-state index is -1.22. The second-order valence-electron chi connectivity index (χ2n) is 4.03. The third-order valence-corrected chi connectivity index (χ3v) is 2.93. The highest BCUT2D eigenvalue weighted by atomic mass is 16.4. The van der Waals surface area contributed by atoms with Gasteiger partial charge in [0.05, 0.1) is 6.61 Å². The minimum absolute atomic E-state index is 0.405. The quantitative estimate of drug-likeness (QED) is 0.627. The highest BCUT2D eigenvalue weighted by molar-refractivity contribution is 5.82. The molecule has 6 heteroatoms. The number of likely N-dealkylation sites (tertiary alicyclic amines) is 1. The van der Waals surface area contributed by atoms with Crippen LogP contribution in [0.3, 0.4) is 0 Å². The zero-order chi connectivity index (χ0) is 12.1. The lowest BCUT2D eigenvalue weighted by Crippen LogP contribution is -2.48. The fourth-order valence-electron chi connectivity index (χ4n) is 1.78. The van der Waals surface area contributed by atoms with Crippen molar-refractivity contribution in [2.75, 3.05) is 19.7 Å². The molecule has 1 saturated heterocycles. The SMILES string of the molecule is CCC1CCN(C(=O)N[C@@H](CO)C(=O)O)C1. The van der Waals surface area contributed by atoms with Gasteiger partial charge in [-0.3, -0.25) is 0 Å². The molecule has 0 spiro atoms. The molecule has 1 rings (SSSR count). The fourth-order valence-corrected chi connectivity index (χ4v) is 1.78. The summed E-state index contributed by atoms with van der Waals surface area (Å²) in [6.45, 7) is 2.80. The van der Waals surface area contributed by atoms with E-state index in [1.165, 1.54) is 0 Å². The molecule has 6 nitrogen and oxygen atoms in total. The van der Waals surface area contributed by atoms with Gasteiger partial charge in [-0.1, -0.05) is 13.3 Å². The van der Waals surface area contributed by atoms with Gasteiger partial charge >= 0.3 is 12.0 Å².